The fourth-order valence-corrected chi connectivity index (χ4v) is 2.76. The fourth-order valence-electron chi connectivity index (χ4n) is 2.76. The number of ether oxygens (including phenoxy) is 2. The second kappa shape index (κ2) is 11.2. The molecule has 0 fully saturated rings. The lowest BCUT2D eigenvalue weighted by molar-refractivity contribution is 0.217. The molecule has 32 heavy (non-hydrogen) atoms. The number of benzene rings is 2. The maximum Gasteiger partial charge on any atom is 0.122 e. The van der Waals surface area contributed by atoms with Crippen molar-refractivity contribution in [2.45, 2.75) is 0 Å². The van der Waals surface area contributed by atoms with Gasteiger partial charge in [-0.3, -0.25) is 20.0 Å². The second-order valence-electron chi connectivity index (χ2n) is 6.71. The van der Waals surface area contributed by atoms with E-state index in [0.717, 1.165) is 34.3 Å². The molecule has 0 aliphatic rings. The van der Waals surface area contributed by atoms with Crippen LogP contribution in [-0.2, 0) is 0 Å². The quantitative estimate of drug-likeness (QED) is 0.266. The van der Waals surface area contributed by atoms with Crippen LogP contribution < -0.4 is 9.47 Å². The Hall–Kier alpha value is -4.32. The average Bonchev–Trinajstić information content (AvgIpc) is 2.87. The lowest BCUT2D eigenvalue weighted by Crippen LogP contribution is -2.08. The van der Waals surface area contributed by atoms with Crippen molar-refractivity contribution < 1.29 is 9.47 Å². The number of aliphatic imine (C=N–C) groups is 2. The topological polar surface area (TPSA) is 69.0 Å². The van der Waals surface area contributed by atoms with Crippen LogP contribution in [0, 0.1) is 0 Å². The molecule has 0 amide bonds. The van der Waals surface area contributed by atoms with Gasteiger partial charge in [0.15, 0.2) is 0 Å². The number of hydrogen-bond acceptors (Lipinski definition) is 6. The third-order valence-corrected chi connectivity index (χ3v) is 4.36. The summed E-state index contributed by atoms with van der Waals surface area (Å²) < 4.78 is 11.5. The van der Waals surface area contributed by atoms with Crippen molar-refractivity contribution in [3.63, 3.8) is 0 Å². The van der Waals surface area contributed by atoms with E-state index < -0.39 is 0 Å². The van der Waals surface area contributed by atoms with E-state index in [4.69, 9.17) is 9.47 Å². The van der Waals surface area contributed by atoms with Gasteiger partial charge in [-0.25, -0.2) is 0 Å². The molecule has 6 heteroatoms. The number of hydrogen-bond donors (Lipinski definition) is 0. The van der Waals surface area contributed by atoms with Crippen molar-refractivity contribution >= 4 is 23.8 Å². The Kier molecular flexibility index (Phi) is 7.31. The smallest absolute Gasteiger partial charge is 0.122 e. The Morgan fingerprint density at radius 3 is 1.38 bits per heavy atom. The minimum Gasteiger partial charge on any atom is -0.490 e. The molecule has 4 aromatic rings. The maximum atomic E-state index is 5.74. The molecular weight excluding hydrogens is 400 g/mol. The summed E-state index contributed by atoms with van der Waals surface area (Å²) in [5.74, 6) is 1.54. The van der Waals surface area contributed by atoms with Crippen molar-refractivity contribution in [3.05, 3.63) is 109 Å². The summed E-state index contributed by atoms with van der Waals surface area (Å²) in [6.07, 6.45) is 6.95. The van der Waals surface area contributed by atoms with Crippen LogP contribution >= 0.6 is 0 Å². The van der Waals surface area contributed by atoms with Crippen molar-refractivity contribution in [2.24, 2.45) is 9.98 Å². The standard InChI is InChI=1S/C26H22N4O2/c1-3-15-27-23(5-1)19-29-21-7-11-25(12-8-21)31-17-18-32-26-13-9-22(10-14-26)30-20-24-6-2-4-16-28-24/h1-16,19-20H,17-18H2. The van der Waals surface area contributed by atoms with Crippen molar-refractivity contribution in [2.75, 3.05) is 13.2 Å². The first-order valence-electron chi connectivity index (χ1n) is 10.2. The van der Waals surface area contributed by atoms with Gasteiger partial charge in [0, 0.05) is 12.4 Å². The highest BCUT2D eigenvalue weighted by Gasteiger charge is 1.98. The summed E-state index contributed by atoms with van der Waals surface area (Å²) in [5.41, 5.74) is 3.31. The van der Waals surface area contributed by atoms with Gasteiger partial charge in [-0.05, 0) is 72.8 Å². The predicted octanol–water partition coefficient (Wildman–Crippen LogP) is 5.44. The van der Waals surface area contributed by atoms with E-state index in [9.17, 15) is 0 Å². The van der Waals surface area contributed by atoms with E-state index >= 15 is 0 Å². The third-order valence-electron chi connectivity index (χ3n) is 4.36. The fraction of sp³-hybridized carbons (Fsp3) is 0.0769. The third kappa shape index (κ3) is 6.60. The van der Waals surface area contributed by atoms with Crippen LogP contribution in [0.5, 0.6) is 11.5 Å². The summed E-state index contributed by atoms with van der Waals surface area (Å²) in [6.45, 7) is 0.881. The molecule has 0 radical (unpaired) electrons. The first-order valence-corrected chi connectivity index (χ1v) is 10.2. The Bertz CT molecular complexity index is 1050. The first kappa shape index (κ1) is 20.9. The first-order chi connectivity index (χ1) is 15.8. The molecule has 2 heterocycles. The van der Waals surface area contributed by atoms with E-state index in [1.54, 1.807) is 24.8 Å². The number of aromatic nitrogens is 2. The Morgan fingerprint density at radius 1 is 0.562 bits per heavy atom. The molecule has 2 aromatic carbocycles. The van der Waals surface area contributed by atoms with Crippen molar-refractivity contribution in [3.8, 4) is 11.5 Å². The molecule has 0 N–H and O–H groups in total. The van der Waals surface area contributed by atoms with Gasteiger partial charge in [-0.15, -0.1) is 0 Å². The van der Waals surface area contributed by atoms with Gasteiger partial charge < -0.3 is 9.47 Å². The van der Waals surface area contributed by atoms with Crippen LogP contribution in [0.2, 0.25) is 0 Å². The Labute approximate surface area is 187 Å². The van der Waals surface area contributed by atoms with Crippen molar-refractivity contribution in [1.29, 1.82) is 0 Å². The SMILES string of the molecule is C(=Nc1ccc(OCCOc2ccc(N=Cc3ccccn3)cc2)cc1)c1ccccn1. The summed E-state index contributed by atoms with van der Waals surface area (Å²) in [5, 5.41) is 0. The van der Waals surface area contributed by atoms with Gasteiger partial charge in [-0.2, -0.15) is 0 Å². The van der Waals surface area contributed by atoms with Gasteiger partial charge in [-0.1, -0.05) is 12.1 Å². The summed E-state index contributed by atoms with van der Waals surface area (Å²) in [4.78, 5) is 17.3. The van der Waals surface area contributed by atoms with Gasteiger partial charge in [0.05, 0.1) is 35.2 Å². The molecule has 0 atom stereocenters. The molecule has 2 aromatic heterocycles. The Balaban J connectivity index is 1.19. The zero-order valence-electron chi connectivity index (χ0n) is 17.4. The minimum absolute atomic E-state index is 0.441. The summed E-state index contributed by atoms with van der Waals surface area (Å²) in [7, 11) is 0. The van der Waals surface area contributed by atoms with E-state index in [0.29, 0.717) is 13.2 Å². The van der Waals surface area contributed by atoms with E-state index in [1.165, 1.54) is 0 Å². The summed E-state index contributed by atoms with van der Waals surface area (Å²) in [6, 6.07) is 26.6. The van der Waals surface area contributed by atoms with Gasteiger partial charge >= 0.3 is 0 Å². The lowest BCUT2D eigenvalue weighted by atomic mass is 10.3. The Morgan fingerprint density at radius 2 is 1.00 bits per heavy atom. The number of pyridine rings is 2. The normalized spacial score (nSPS) is 11.1. The predicted molar refractivity (Wildman–Crippen MR) is 127 cm³/mol. The van der Waals surface area contributed by atoms with Gasteiger partial charge in [0.25, 0.3) is 0 Å². The highest BCUT2D eigenvalue weighted by Crippen LogP contribution is 2.19. The van der Waals surface area contributed by atoms with Gasteiger partial charge in [0.2, 0.25) is 0 Å². The molecule has 0 saturated heterocycles. The van der Waals surface area contributed by atoms with E-state index in [2.05, 4.69) is 20.0 Å². The van der Waals surface area contributed by atoms with E-state index in [1.807, 2.05) is 84.9 Å². The molecule has 0 saturated carbocycles. The maximum absolute atomic E-state index is 5.74. The minimum atomic E-state index is 0.441. The lowest BCUT2D eigenvalue weighted by Gasteiger charge is -2.08. The molecular formula is C26H22N4O2. The van der Waals surface area contributed by atoms with Crippen LogP contribution in [0.3, 0.4) is 0 Å². The van der Waals surface area contributed by atoms with Crippen LogP contribution in [-0.4, -0.2) is 35.6 Å². The molecule has 0 unspecified atom stereocenters. The zero-order chi connectivity index (χ0) is 21.8. The van der Waals surface area contributed by atoms with Crippen LogP contribution in [0.4, 0.5) is 11.4 Å². The number of rotatable bonds is 9. The highest BCUT2D eigenvalue weighted by atomic mass is 16.5. The highest BCUT2D eigenvalue weighted by molar-refractivity contribution is 5.80. The zero-order valence-corrected chi connectivity index (χ0v) is 17.4. The molecule has 4 rings (SSSR count). The van der Waals surface area contributed by atoms with Crippen LogP contribution in [0.25, 0.3) is 0 Å². The van der Waals surface area contributed by atoms with E-state index in [-0.39, 0.29) is 0 Å². The molecule has 0 aliphatic heterocycles. The molecule has 158 valence electrons. The monoisotopic (exact) mass is 422 g/mol. The average molecular weight is 422 g/mol. The molecule has 0 bridgehead atoms. The van der Waals surface area contributed by atoms with Gasteiger partial charge in [0.1, 0.15) is 24.7 Å². The van der Waals surface area contributed by atoms with Crippen LogP contribution in [0.1, 0.15) is 11.4 Å². The summed E-state index contributed by atoms with van der Waals surface area (Å²) >= 11 is 0. The van der Waals surface area contributed by atoms with Crippen LogP contribution in [0.15, 0.2) is 107 Å². The second-order valence-corrected chi connectivity index (χ2v) is 6.71. The number of nitrogens with zero attached hydrogens (tertiary/aromatic N) is 4. The molecule has 0 spiro atoms. The molecule has 0 aliphatic carbocycles. The largest absolute Gasteiger partial charge is 0.490 e. The van der Waals surface area contributed by atoms with Crippen molar-refractivity contribution in [1.82, 2.24) is 9.97 Å². The molecule has 6 nitrogen and oxygen atoms in total.